The van der Waals surface area contributed by atoms with E-state index < -0.39 is 5.82 Å². The first-order valence-corrected chi connectivity index (χ1v) is 6.24. The van der Waals surface area contributed by atoms with E-state index in [0.717, 1.165) is 0 Å². The van der Waals surface area contributed by atoms with Crippen LogP contribution in [0.2, 0.25) is 0 Å². The molecule has 19 heavy (non-hydrogen) atoms. The van der Waals surface area contributed by atoms with E-state index in [1.54, 1.807) is 11.0 Å². The first-order valence-electron chi connectivity index (χ1n) is 6.24. The van der Waals surface area contributed by atoms with E-state index in [9.17, 15) is 14.0 Å². The number of rotatable bonds is 2. The van der Waals surface area contributed by atoms with Gasteiger partial charge in [0.2, 0.25) is 0 Å². The van der Waals surface area contributed by atoms with E-state index in [1.165, 1.54) is 25.3 Å². The molecule has 5 heteroatoms. The van der Waals surface area contributed by atoms with Crippen molar-refractivity contribution >= 4 is 11.9 Å². The van der Waals surface area contributed by atoms with Gasteiger partial charge in [-0.25, -0.2) is 4.39 Å². The van der Waals surface area contributed by atoms with Crippen molar-refractivity contribution in [1.82, 2.24) is 4.90 Å². The monoisotopic (exact) mass is 265 g/mol. The summed E-state index contributed by atoms with van der Waals surface area (Å²) < 4.78 is 17.8. The zero-order valence-corrected chi connectivity index (χ0v) is 10.8. The molecule has 0 unspecified atom stereocenters. The van der Waals surface area contributed by atoms with E-state index in [1.807, 2.05) is 0 Å². The Kier molecular flexibility index (Phi) is 4.14. The molecular weight excluding hydrogens is 249 g/mol. The molecule has 1 saturated heterocycles. The van der Waals surface area contributed by atoms with Gasteiger partial charge in [-0.1, -0.05) is 6.07 Å². The lowest BCUT2D eigenvalue weighted by Gasteiger charge is -2.30. The van der Waals surface area contributed by atoms with Crippen molar-refractivity contribution in [2.24, 2.45) is 5.92 Å². The van der Waals surface area contributed by atoms with Crippen LogP contribution in [0.1, 0.15) is 23.2 Å². The number of esters is 1. The standard InChI is InChI=1S/C14H16FNO3/c1-19-14(18)10-5-7-16(8-6-10)13(17)11-3-2-4-12(15)9-11/h2-4,9-10H,5-8H2,1H3. The molecule has 1 fully saturated rings. The lowest BCUT2D eigenvalue weighted by molar-refractivity contribution is -0.146. The van der Waals surface area contributed by atoms with Crippen LogP contribution < -0.4 is 0 Å². The zero-order chi connectivity index (χ0) is 13.8. The van der Waals surface area contributed by atoms with Crippen molar-refractivity contribution in [3.63, 3.8) is 0 Å². The number of nitrogens with zero attached hydrogens (tertiary/aromatic N) is 1. The Hall–Kier alpha value is -1.91. The van der Waals surface area contributed by atoms with Gasteiger partial charge in [-0.3, -0.25) is 9.59 Å². The van der Waals surface area contributed by atoms with Gasteiger partial charge in [-0.2, -0.15) is 0 Å². The number of methoxy groups -OCH3 is 1. The Morgan fingerprint density at radius 2 is 2.00 bits per heavy atom. The first-order chi connectivity index (χ1) is 9.11. The Morgan fingerprint density at radius 1 is 1.32 bits per heavy atom. The maximum atomic E-state index is 13.1. The minimum atomic E-state index is -0.421. The van der Waals surface area contributed by atoms with Gasteiger partial charge in [0.05, 0.1) is 13.0 Å². The summed E-state index contributed by atoms with van der Waals surface area (Å²) in [6.45, 7) is 0.990. The summed E-state index contributed by atoms with van der Waals surface area (Å²) in [6.07, 6.45) is 1.18. The molecule has 1 amide bonds. The average molecular weight is 265 g/mol. The molecule has 1 aliphatic heterocycles. The van der Waals surface area contributed by atoms with Gasteiger partial charge in [0.15, 0.2) is 0 Å². The fraction of sp³-hybridized carbons (Fsp3) is 0.429. The maximum absolute atomic E-state index is 13.1. The summed E-state index contributed by atoms with van der Waals surface area (Å²) in [4.78, 5) is 25.2. The molecule has 0 radical (unpaired) electrons. The summed E-state index contributed by atoms with van der Waals surface area (Å²) in [5, 5.41) is 0. The van der Waals surface area contributed by atoms with Crippen molar-refractivity contribution in [3.8, 4) is 0 Å². The molecule has 0 atom stereocenters. The number of halogens is 1. The number of hydrogen-bond acceptors (Lipinski definition) is 3. The minimum Gasteiger partial charge on any atom is -0.469 e. The average Bonchev–Trinajstić information content (AvgIpc) is 2.46. The highest BCUT2D eigenvalue weighted by Gasteiger charge is 2.28. The zero-order valence-electron chi connectivity index (χ0n) is 10.8. The number of carbonyl (C=O) groups is 2. The van der Waals surface area contributed by atoms with Gasteiger partial charge >= 0.3 is 5.97 Å². The van der Waals surface area contributed by atoms with Crippen LogP contribution in [0.3, 0.4) is 0 Å². The van der Waals surface area contributed by atoms with E-state index >= 15 is 0 Å². The van der Waals surface area contributed by atoms with Gasteiger partial charge < -0.3 is 9.64 Å². The molecule has 2 rings (SSSR count). The van der Waals surface area contributed by atoms with Crippen LogP contribution in [0, 0.1) is 11.7 Å². The smallest absolute Gasteiger partial charge is 0.308 e. The van der Waals surface area contributed by atoms with Gasteiger partial charge in [-0.15, -0.1) is 0 Å². The molecular formula is C14H16FNO3. The molecule has 4 nitrogen and oxygen atoms in total. The number of ether oxygens (including phenoxy) is 1. The lowest BCUT2D eigenvalue weighted by Crippen LogP contribution is -2.40. The highest BCUT2D eigenvalue weighted by Crippen LogP contribution is 2.20. The van der Waals surface area contributed by atoms with Crippen molar-refractivity contribution in [2.75, 3.05) is 20.2 Å². The Labute approximate surface area is 111 Å². The normalized spacial score (nSPS) is 16.2. The second-order valence-corrected chi connectivity index (χ2v) is 4.60. The fourth-order valence-corrected chi connectivity index (χ4v) is 2.29. The third kappa shape index (κ3) is 3.10. The topological polar surface area (TPSA) is 46.6 Å². The van der Waals surface area contributed by atoms with Crippen LogP contribution in [0.5, 0.6) is 0 Å². The molecule has 0 aromatic heterocycles. The van der Waals surface area contributed by atoms with Crippen LogP contribution in [0.4, 0.5) is 4.39 Å². The Balaban J connectivity index is 1.98. The highest BCUT2D eigenvalue weighted by molar-refractivity contribution is 5.94. The number of hydrogen-bond donors (Lipinski definition) is 0. The largest absolute Gasteiger partial charge is 0.469 e. The predicted molar refractivity (Wildman–Crippen MR) is 67.0 cm³/mol. The number of benzene rings is 1. The molecule has 0 spiro atoms. The van der Waals surface area contributed by atoms with Crippen LogP contribution >= 0.6 is 0 Å². The Morgan fingerprint density at radius 3 is 2.58 bits per heavy atom. The van der Waals surface area contributed by atoms with Crippen molar-refractivity contribution in [1.29, 1.82) is 0 Å². The number of likely N-dealkylation sites (tertiary alicyclic amines) is 1. The van der Waals surface area contributed by atoms with Crippen molar-refractivity contribution in [2.45, 2.75) is 12.8 Å². The molecule has 0 saturated carbocycles. The number of carbonyl (C=O) groups excluding carboxylic acids is 2. The molecule has 0 aliphatic carbocycles. The van der Waals surface area contributed by atoms with E-state index in [0.29, 0.717) is 31.5 Å². The molecule has 1 aromatic rings. The molecule has 1 aromatic carbocycles. The fourth-order valence-electron chi connectivity index (χ4n) is 2.29. The molecule has 1 aliphatic rings. The summed E-state index contributed by atoms with van der Waals surface area (Å²) >= 11 is 0. The van der Waals surface area contributed by atoms with E-state index in [2.05, 4.69) is 0 Å². The molecule has 0 N–H and O–H groups in total. The third-order valence-electron chi connectivity index (χ3n) is 3.39. The van der Waals surface area contributed by atoms with Crippen LogP contribution in [-0.2, 0) is 9.53 Å². The summed E-state index contributed by atoms with van der Waals surface area (Å²) in [7, 11) is 1.37. The van der Waals surface area contributed by atoms with Crippen molar-refractivity contribution in [3.05, 3.63) is 35.6 Å². The predicted octanol–water partition coefficient (Wildman–Crippen LogP) is 1.85. The highest BCUT2D eigenvalue weighted by atomic mass is 19.1. The second-order valence-electron chi connectivity index (χ2n) is 4.60. The molecule has 1 heterocycles. The lowest BCUT2D eigenvalue weighted by atomic mass is 9.96. The van der Waals surface area contributed by atoms with Gasteiger partial charge in [0.25, 0.3) is 5.91 Å². The van der Waals surface area contributed by atoms with Gasteiger partial charge in [-0.05, 0) is 31.0 Å². The van der Waals surface area contributed by atoms with Crippen molar-refractivity contribution < 1.29 is 18.7 Å². The van der Waals surface area contributed by atoms with Gasteiger partial charge in [0.1, 0.15) is 5.82 Å². The molecule has 0 bridgehead atoms. The summed E-state index contributed by atoms with van der Waals surface area (Å²) in [6, 6.07) is 5.65. The van der Waals surface area contributed by atoms with E-state index in [-0.39, 0.29) is 17.8 Å². The first kappa shape index (κ1) is 13.5. The quantitative estimate of drug-likeness (QED) is 0.767. The minimum absolute atomic E-state index is 0.137. The van der Waals surface area contributed by atoms with Crippen LogP contribution in [-0.4, -0.2) is 37.0 Å². The number of piperidine rings is 1. The van der Waals surface area contributed by atoms with Crippen LogP contribution in [0.25, 0.3) is 0 Å². The van der Waals surface area contributed by atoms with E-state index in [4.69, 9.17) is 4.74 Å². The van der Waals surface area contributed by atoms with Crippen LogP contribution in [0.15, 0.2) is 24.3 Å². The SMILES string of the molecule is COC(=O)C1CCN(C(=O)c2cccc(F)c2)CC1. The summed E-state index contributed by atoms with van der Waals surface area (Å²) in [5.41, 5.74) is 0.344. The third-order valence-corrected chi connectivity index (χ3v) is 3.39. The Bertz CT molecular complexity index is 481. The summed E-state index contributed by atoms with van der Waals surface area (Å²) in [5.74, 6) is -0.975. The maximum Gasteiger partial charge on any atom is 0.308 e. The second kappa shape index (κ2) is 5.82. The van der Waals surface area contributed by atoms with Gasteiger partial charge in [0, 0.05) is 18.7 Å². The number of amides is 1. The molecule has 102 valence electrons.